The van der Waals surface area contributed by atoms with Crippen LogP contribution in [-0.4, -0.2) is 47.5 Å². The Morgan fingerprint density at radius 3 is 2.71 bits per heavy atom. The molecule has 0 radical (unpaired) electrons. The summed E-state index contributed by atoms with van der Waals surface area (Å²) in [6.45, 7) is 2.27. The molecule has 1 aromatic heterocycles. The predicted molar refractivity (Wildman–Crippen MR) is 72.9 cm³/mol. The summed E-state index contributed by atoms with van der Waals surface area (Å²) in [7, 11) is 3.71. The molecule has 7 heteroatoms. The van der Waals surface area contributed by atoms with Crippen molar-refractivity contribution in [2.75, 3.05) is 27.2 Å². The van der Waals surface area contributed by atoms with Crippen LogP contribution >= 0.6 is 24.8 Å². The van der Waals surface area contributed by atoms with Crippen LogP contribution in [0.3, 0.4) is 0 Å². The minimum atomic E-state index is 0. The number of aryl methyl sites for hydroxylation is 1. The fourth-order valence-corrected chi connectivity index (χ4v) is 1.24. The molecule has 100 valence electrons. The Kier molecular flexibility index (Phi) is 11.3. The number of carbonyl (C=O) groups is 1. The lowest BCUT2D eigenvalue weighted by molar-refractivity contribution is -0.130. The van der Waals surface area contributed by atoms with E-state index in [2.05, 4.69) is 10.3 Å². The maximum Gasteiger partial charge on any atom is 0.224 e. The Morgan fingerprint density at radius 2 is 2.18 bits per heavy atom. The van der Waals surface area contributed by atoms with Gasteiger partial charge >= 0.3 is 0 Å². The number of halogens is 2. The lowest BCUT2D eigenvalue weighted by Crippen LogP contribution is -2.33. The number of nitrogens with one attached hydrogen (secondary N) is 1. The molecule has 0 aliphatic heterocycles. The molecule has 0 spiro atoms. The Hall–Kier alpha value is -0.780. The molecule has 17 heavy (non-hydrogen) atoms. The molecule has 1 heterocycles. The van der Waals surface area contributed by atoms with Gasteiger partial charge in [0.2, 0.25) is 5.91 Å². The molecule has 0 bridgehead atoms. The third-order valence-corrected chi connectivity index (χ3v) is 2.27. The fraction of sp³-hybridized carbons (Fsp3) is 0.600. The molecule has 0 aliphatic carbocycles. The number of nitrogens with zero attached hydrogens (tertiary/aromatic N) is 3. The number of carbonyl (C=O) groups excluding carboxylic acids is 1. The second kappa shape index (κ2) is 10.4. The zero-order valence-electron chi connectivity index (χ0n) is 10.1. The topological polar surface area (TPSA) is 50.2 Å². The number of likely N-dealkylation sites (N-methyl/N-ethyl adjacent to an activating group) is 2. The smallest absolute Gasteiger partial charge is 0.224 e. The summed E-state index contributed by atoms with van der Waals surface area (Å²) in [4.78, 5) is 17.3. The lowest BCUT2D eigenvalue weighted by Gasteiger charge is -2.16. The quantitative estimate of drug-likeness (QED) is 0.840. The highest BCUT2D eigenvalue weighted by Gasteiger charge is 2.07. The molecule has 0 saturated carbocycles. The number of amides is 1. The Balaban J connectivity index is 0. The van der Waals surface area contributed by atoms with Crippen molar-refractivity contribution >= 4 is 30.7 Å². The summed E-state index contributed by atoms with van der Waals surface area (Å²) in [6.07, 6.45) is 5.83. The first-order valence-corrected chi connectivity index (χ1v) is 5.08. The van der Waals surface area contributed by atoms with E-state index in [9.17, 15) is 4.79 Å². The van der Waals surface area contributed by atoms with Gasteiger partial charge in [0.25, 0.3) is 0 Å². The molecular weight excluding hydrogens is 263 g/mol. The Morgan fingerprint density at radius 1 is 1.47 bits per heavy atom. The van der Waals surface area contributed by atoms with Gasteiger partial charge in [0.15, 0.2) is 0 Å². The highest BCUT2D eigenvalue weighted by Crippen LogP contribution is 1.95. The maximum absolute atomic E-state index is 11.6. The number of imidazole rings is 1. The summed E-state index contributed by atoms with van der Waals surface area (Å²) in [5.41, 5.74) is 0. The van der Waals surface area contributed by atoms with Crippen LogP contribution in [0.15, 0.2) is 18.7 Å². The van der Waals surface area contributed by atoms with Crippen molar-refractivity contribution in [2.24, 2.45) is 0 Å². The van der Waals surface area contributed by atoms with Crippen molar-refractivity contribution < 1.29 is 4.79 Å². The van der Waals surface area contributed by atoms with Crippen molar-refractivity contribution in [1.29, 1.82) is 0 Å². The van der Waals surface area contributed by atoms with E-state index < -0.39 is 0 Å². The number of aromatic nitrogens is 2. The van der Waals surface area contributed by atoms with Gasteiger partial charge in [-0.1, -0.05) is 0 Å². The number of hydrogen-bond donors (Lipinski definition) is 1. The summed E-state index contributed by atoms with van der Waals surface area (Å²) in [5, 5.41) is 3.01. The van der Waals surface area contributed by atoms with Crippen LogP contribution < -0.4 is 5.32 Å². The molecule has 0 fully saturated rings. The summed E-state index contributed by atoms with van der Waals surface area (Å²) in [5.74, 6) is 0.166. The zero-order chi connectivity index (χ0) is 11.1. The molecule has 0 atom stereocenters. The van der Waals surface area contributed by atoms with Crippen LogP contribution in [-0.2, 0) is 11.3 Å². The average molecular weight is 283 g/mol. The van der Waals surface area contributed by atoms with Crippen LogP contribution in [0.5, 0.6) is 0 Å². The van der Waals surface area contributed by atoms with Crippen molar-refractivity contribution in [2.45, 2.75) is 13.0 Å². The SMILES string of the molecule is CNCCN(C)C(=O)CCn1ccnc1.Cl.Cl. The van der Waals surface area contributed by atoms with Gasteiger partial charge in [-0.15, -0.1) is 24.8 Å². The van der Waals surface area contributed by atoms with Crippen LogP contribution in [0.2, 0.25) is 0 Å². The van der Waals surface area contributed by atoms with Gasteiger partial charge < -0.3 is 14.8 Å². The van der Waals surface area contributed by atoms with Gasteiger partial charge in [-0.25, -0.2) is 4.98 Å². The molecule has 0 aromatic carbocycles. The van der Waals surface area contributed by atoms with Crippen molar-refractivity contribution in [3.8, 4) is 0 Å². The minimum Gasteiger partial charge on any atom is -0.344 e. The molecule has 0 unspecified atom stereocenters. The van der Waals surface area contributed by atoms with Gasteiger partial charge in [0.1, 0.15) is 0 Å². The van der Waals surface area contributed by atoms with Crippen molar-refractivity contribution in [3.63, 3.8) is 0 Å². The molecule has 1 aromatic rings. The maximum atomic E-state index is 11.6. The first-order valence-electron chi connectivity index (χ1n) is 5.08. The van der Waals surface area contributed by atoms with Gasteiger partial charge in [-0.3, -0.25) is 4.79 Å². The van der Waals surface area contributed by atoms with E-state index in [1.165, 1.54) is 0 Å². The molecular formula is C10H20Cl2N4O. The second-order valence-electron chi connectivity index (χ2n) is 3.47. The van der Waals surface area contributed by atoms with Gasteiger partial charge in [-0.2, -0.15) is 0 Å². The zero-order valence-corrected chi connectivity index (χ0v) is 11.8. The van der Waals surface area contributed by atoms with Crippen LogP contribution in [0, 0.1) is 0 Å². The number of rotatable bonds is 6. The van der Waals surface area contributed by atoms with Crippen molar-refractivity contribution in [1.82, 2.24) is 19.8 Å². The van der Waals surface area contributed by atoms with E-state index >= 15 is 0 Å². The van der Waals surface area contributed by atoms with E-state index in [1.54, 1.807) is 17.4 Å². The average Bonchev–Trinajstić information content (AvgIpc) is 2.75. The third-order valence-electron chi connectivity index (χ3n) is 2.27. The summed E-state index contributed by atoms with van der Waals surface area (Å²) in [6, 6.07) is 0. The lowest BCUT2D eigenvalue weighted by atomic mass is 10.3. The Labute approximate surface area is 114 Å². The monoisotopic (exact) mass is 282 g/mol. The molecule has 1 rings (SSSR count). The third kappa shape index (κ3) is 7.20. The molecule has 1 amide bonds. The van der Waals surface area contributed by atoms with Gasteiger partial charge in [-0.05, 0) is 7.05 Å². The molecule has 5 nitrogen and oxygen atoms in total. The molecule has 0 aliphatic rings. The standard InChI is InChI=1S/C10H18N4O.2ClH/c1-11-4-7-13(2)10(15)3-6-14-8-5-12-9-14;;/h5,8-9,11H,3-4,6-7H2,1-2H3;2*1H. The van der Waals surface area contributed by atoms with Crippen molar-refractivity contribution in [3.05, 3.63) is 18.7 Å². The normalized spacial score (nSPS) is 9.06. The van der Waals surface area contributed by atoms with Crippen LogP contribution in [0.4, 0.5) is 0 Å². The highest BCUT2D eigenvalue weighted by atomic mass is 35.5. The van der Waals surface area contributed by atoms with Gasteiger partial charge in [0.05, 0.1) is 6.33 Å². The predicted octanol–water partition coefficient (Wildman–Crippen LogP) is 0.795. The molecule has 1 N–H and O–H groups in total. The van der Waals surface area contributed by atoms with E-state index in [-0.39, 0.29) is 30.7 Å². The molecule has 0 saturated heterocycles. The largest absolute Gasteiger partial charge is 0.344 e. The fourth-order valence-electron chi connectivity index (χ4n) is 1.24. The Bertz CT molecular complexity index is 293. The van der Waals surface area contributed by atoms with E-state index in [0.717, 1.165) is 13.1 Å². The van der Waals surface area contributed by atoms with Crippen LogP contribution in [0.25, 0.3) is 0 Å². The van der Waals surface area contributed by atoms with E-state index in [4.69, 9.17) is 0 Å². The highest BCUT2D eigenvalue weighted by molar-refractivity contribution is 5.85. The number of hydrogen-bond acceptors (Lipinski definition) is 3. The van der Waals surface area contributed by atoms with Crippen LogP contribution in [0.1, 0.15) is 6.42 Å². The first-order chi connectivity index (χ1) is 7.24. The summed E-state index contributed by atoms with van der Waals surface area (Å²) < 4.78 is 1.91. The van der Waals surface area contributed by atoms with Gasteiger partial charge in [0, 0.05) is 45.5 Å². The summed E-state index contributed by atoms with van der Waals surface area (Å²) >= 11 is 0. The first kappa shape index (κ1) is 18.6. The van der Waals surface area contributed by atoms with E-state index in [0.29, 0.717) is 13.0 Å². The second-order valence-corrected chi connectivity index (χ2v) is 3.47. The minimum absolute atomic E-state index is 0. The van der Waals surface area contributed by atoms with E-state index in [1.807, 2.05) is 24.9 Å².